The maximum atomic E-state index is 5.80. The highest BCUT2D eigenvalue weighted by atomic mass is 16.5. The first-order valence-electron chi connectivity index (χ1n) is 5.51. The Kier molecular flexibility index (Phi) is 2.96. The molecule has 2 rings (SSSR count). The molecular weight excluding hydrogens is 188 g/mol. The monoisotopic (exact) mass is 206 g/mol. The van der Waals surface area contributed by atoms with E-state index in [0.717, 1.165) is 32.0 Å². The van der Waals surface area contributed by atoms with Crippen molar-refractivity contribution in [1.29, 1.82) is 0 Å². The summed E-state index contributed by atoms with van der Waals surface area (Å²) < 4.78 is 11.1. The molecule has 1 fully saturated rings. The molecule has 0 atom stereocenters. The molecule has 0 aliphatic carbocycles. The minimum atomic E-state index is 0.268. The van der Waals surface area contributed by atoms with E-state index in [0.29, 0.717) is 0 Å². The molecule has 2 heteroatoms. The summed E-state index contributed by atoms with van der Waals surface area (Å²) in [4.78, 5) is 0. The van der Waals surface area contributed by atoms with Gasteiger partial charge in [0.1, 0.15) is 5.75 Å². The van der Waals surface area contributed by atoms with Crippen LogP contribution < -0.4 is 4.74 Å². The standard InChI is InChI=1S/C13H18O2/c1-3-13(8-14-9-13)10-15-12-6-4-5-11(2)7-12/h4-7H,3,8-10H2,1-2H3. The van der Waals surface area contributed by atoms with E-state index in [-0.39, 0.29) is 5.41 Å². The van der Waals surface area contributed by atoms with Crippen LogP contribution in [0.2, 0.25) is 0 Å². The maximum Gasteiger partial charge on any atom is 0.119 e. The molecule has 1 aliphatic rings. The van der Waals surface area contributed by atoms with Gasteiger partial charge in [0.25, 0.3) is 0 Å². The molecule has 1 heterocycles. The van der Waals surface area contributed by atoms with E-state index in [1.807, 2.05) is 12.1 Å². The number of hydrogen-bond acceptors (Lipinski definition) is 2. The van der Waals surface area contributed by atoms with E-state index < -0.39 is 0 Å². The Morgan fingerprint density at radius 1 is 1.40 bits per heavy atom. The van der Waals surface area contributed by atoms with Crippen LogP contribution in [0.3, 0.4) is 0 Å². The summed E-state index contributed by atoms with van der Waals surface area (Å²) in [5.41, 5.74) is 1.51. The van der Waals surface area contributed by atoms with Crippen LogP contribution in [0.4, 0.5) is 0 Å². The Balaban J connectivity index is 1.92. The third kappa shape index (κ3) is 2.32. The smallest absolute Gasteiger partial charge is 0.119 e. The Bertz CT molecular complexity index is 324. The molecule has 1 aromatic rings. The molecule has 0 radical (unpaired) electrons. The molecule has 0 amide bonds. The van der Waals surface area contributed by atoms with Crippen LogP contribution in [0, 0.1) is 12.3 Å². The van der Waals surface area contributed by atoms with Gasteiger partial charge in [-0.15, -0.1) is 0 Å². The van der Waals surface area contributed by atoms with Crippen molar-refractivity contribution in [3.05, 3.63) is 29.8 Å². The summed E-state index contributed by atoms with van der Waals surface area (Å²) in [5.74, 6) is 0.967. The van der Waals surface area contributed by atoms with Gasteiger partial charge in [-0.05, 0) is 31.0 Å². The number of hydrogen-bond donors (Lipinski definition) is 0. The first kappa shape index (κ1) is 10.5. The van der Waals surface area contributed by atoms with Gasteiger partial charge in [0, 0.05) is 0 Å². The molecule has 0 unspecified atom stereocenters. The fourth-order valence-corrected chi connectivity index (χ4v) is 1.72. The van der Waals surface area contributed by atoms with Gasteiger partial charge in [-0.25, -0.2) is 0 Å². The van der Waals surface area contributed by atoms with E-state index in [1.165, 1.54) is 5.56 Å². The average Bonchev–Trinajstić information content (AvgIpc) is 2.17. The first-order valence-corrected chi connectivity index (χ1v) is 5.51. The second-order valence-electron chi connectivity index (χ2n) is 4.45. The van der Waals surface area contributed by atoms with Crippen LogP contribution in [0.1, 0.15) is 18.9 Å². The number of ether oxygens (including phenoxy) is 2. The summed E-state index contributed by atoms with van der Waals surface area (Å²) in [6, 6.07) is 8.19. The third-order valence-corrected chi connectivity index (χ3v) is 3.10. The van der Waals surface area contributed by atoms with Crippen LogP contribution in [0.15, 0.2) is 24.3 Å². The van der Waals surface area contributed by atoms with E-state index in [4.69, 9.17) is 9.47 Å². The minimum Gasteiger partial charge on any atom is -0.493 e. The summed E-state index contributed by atoms with van der Waals surface area (Å²) in [5, 5.41) is 0. The summed E-state index contributed by atoms with van der Waals surface area (Å²) in [6.45, 7) is 6.73. The minimum absolute atomic E-state index is 0.268. The lowest BCUT2D eigenvalue weighted by Gasteiger charge is -2.40. The van der Waals surface area contributed by atoms with Gasteiger partial charge >= 0.3 is 0 Å². The topological polar surface area (TPSA) is 18.5 Å². The van der Waals surface area contributed by atoms with Crippen LogP contribution >= 0.6 is 0 Å². The third-order valence-electron chi connectivity index (χ3n) is 3.10. The molecule has 15 heavy (non-hydrogen) atoms. The fourth-order valence-electron chi connectivity index (χ4n) is 1.72. The van der Waals surface area contributed by atoms with Crippen molar-refractivity contribution in [1.82, 2.24) is 0 Å². The average molecular weight is 206 g/mol. The van der Waals surface area contributed by atoms with Gasteiger partial charge in [-0.3, -0.25) is 0 Å². The van der Waals surface area contributed by atoms with Gasteiger partial charge in [0.15, 0.2) is 0 Å². The van der Waals surface area contributed by atoms with Crippen molar-refractivity contribution >= 4 is 0 Å². The number of benzene rings is 1. The Morgan fingerprint density at radius 3 is 2.73 bits per heavy atom. The van der Waals surface area contributed by atoms with Crippen molar-refractivity contribution in [2.45, 2.75) is 20.3 Å². The lowest BCUT2D eigenvalue weighted by molar-refractivity contribution is -0.133. The van der Waals surface area contributed by atoms with Crippen LogP contribution in [-0.4, -0.2) is 19.8 Å². The molecule has 1 aromatic carbocycles. The SMILES string of the molecule is CCC1(COc2cccc(C)c2)COC1. The van der Waals surface area contributed by atoms with Gasteiger partial charge in [-0.2, -0.15) is 0 Å². The quantitative estimate of drug-likeness (QED) is 0.754. The Morgan fingerprint density at radius 2 is 2.20 bits per heavy atom. The highest BCUT2D eigenvalue weighted by Crippen LogP contribution is 2.31. The van der Waals surface area contributed by atoms with Crippen molar-refractivity contribution < 1.29 is 9.47 Å². The van der Waals surface area contributed by atoms with E-state index in [9.17, 15) is 0 Å². The maximum absolute atomic E-state index is 5.80. The van der Waals surface area contributed by atoms with Crippen LogP contribution in [0.25, 0.3) is 0 Å². The van der Waals surface area contributed by atoms with Crippen molar-refractivity contribution in [2.24, 2.45) is 5.41 Å². The zero-order valence-electron chi connectivity index (χ0n) is 9.45. The van der Waals surface area contributed by atoms with Gasteiger partial charge in [0.05, 0.1) is 25.2 Å². The fraction of sp³-hybridized carbons (Fsp3) is 0.538. The molecule has 1 aliphatic heterocycles. The van der Waals surface area contributed by atoms with Gasteiger partial charge in [0.2, 0.25) is 0 Å². The Hall–Kier alpha value is -1.02. The largest absolute Gasteiger partial charge is 0.493 e. The predicted octanol–water partition coefficient (Wildman–Crippen LogP) is 2.80. The molecule has 0 aromatic heterocycles. The normalized spacial score (nSPS) is 18.3. The van der Waals surface area contributed by atoms with Gasteiger partial charge in [-0.1, -0.05) is 19.1 Å². The van der Waals surface area contributed by atoms with E-state index >= 15 is 0 Å². The summed E-state index contributed by atoms with van der Waals surface area (Å²) in [6.07, 6.45) is 1.12. The molecule has 0 saturated carbocycles. The molecule has 1 saturated heterocycles. The highest BCUT2D eigenvalue weighted by molar-refractivity contribution is 5.27. The number of rotatable bonds is 4. The molecule has 0 spiro atoms. The predicted molar refractivity (Wildman–Crippen MR) is 60.2 cm³/mol. The van der Waals surface area contributed by atoms with Gasteiger partial charge < -0.3 is 9.47 Å². The zero-order chi connectivity index (χ0) is 10.7. The summed E-state index contributed by atoms with van der Waals surface area (Å²) >= 11 is 0. The van der Waals surface area contributed by atoms with Crippen molar-refractivity contribution in [3.63, 3.8) is 0 Å². The van der Waals surface area contributed by atoms with Crippen molar-refractivity contribution in [3.8, 4) is 5.75 Å². The summed E-state index contributed by atoms with van der Waals surface area (Å²) in [7, 11) is 0. The molecular formula is C13H18O2. The van der Waals surface area contributed by atoms with E-state index in [2.05, 4.69) is 26.0 Å². The second-order valence-corrected chi connectivity index (χ2v) is 4.45. The van der Waals surface area contributed by atoms with E-state index in [1.54, 1.807) is 0 Å². The van der Waals surface area contributed by atoms with Crippen molar-refractivity contribution in [2.75, 3.05) is 19.8 Å². The second kappa shape index (κ2) is 4.23. The lowest BCUT2D eigenvalue weighted by Crippen LogP contribution is -2.46. The zero-order valence-corrected chi connectivity index (χ0v) is 9.45. The Labute approximate surface area is 91.2 Å². The molecule has 2 nitrogen and oxygen atoms in total. The molecule has 0 bridgehead atoms. The van der Waals surface area contributed by atoms with Crippen LogP contribution in [0.5, 0.6) is 5.75 Å². The number of aryl methyl sites for hydroxylation is 1. The molecule has 0 N–H and O–H groups in total. The lowest BCUT2D eigenvalue weighted by atomic mass is 9.84. The van der Waals surface area contributed by atoms with Crippen LogP contribution in [-0.2, 0) is 4.74 Å². The first-order chi connectivity index (χ1) is 7.24. The molecule has 82 valence electrons. The highest BCUT2D eigenvalue weighted by Gasteiger charge is 2.37.